The summed E-state index contributed by atoms with van der Waals surface area (Å²) in [5.41, 5.74) is 5.43. The van der Waals surface area contributed by atoms with Crippen LogP contribution in [0.3, 0.4) is 0 Å². The molecular weight excluding hydrogens is 104 g/mol. The molecule has 0 radical (unpaired) electrons. The van der Waals surface area contributed by atoms with Gasteiger partial charge in [-0.2, -0.15) is 5.26 Å². The van der Waals surface area contributed by atoms with Gasteiger partial charge in [-0.15, -0.1) is 0 Å². The van der Waals surface area contributed by atoms with Gasteiger partial charge in [-0.25, -0.2) is 5.43 Å². The van der Waals surface area contributed by atoms with E-state index in [1.165, 1.54) is 0 Å². The van der Waals surface area contributed by atoms with E-state index in [-0.39, 0.29) is 6.17 Å². The number of nitrogens with zero attached hydrogens (tertiary/aromatic N) is 2. The third-order valence-corrected chi connectivity index (χ3v) is 0.854. The molecule has 0 aliphatic carbocycles. The van der Waals surface area contributed by atoms with Crippen molar-refractivity contribution in [3.05, 3.63) is 0 Å². The Morgan fingerprint density at radius 1 is 1.88 bits per heavy atom. The first-order valence-electron chi connectivity index (χ1n) is 2.33. The third kappa shape index (κ3) is 0.950. The van der Waals surface area contributed by atoms with Crippen molar-refractivity contribution in [1.29, 1.82) is 5.26 Å². The molecule has 1 unspecified atom stereocenters. The van der Waals surface area contributed by atoms with E-state index in [0.29, 0.717) is 6.42 Å². The van der Waals surface area contributed by atoms with Crippen molar-refractivity contribution in [2.75, 3.05) is 0 Å². The van der Waals surface area contributed by atoms with Gasteiger partial charge in [-0.05, 0) is 0 Å². The van der Waals surface area contributed by atoms with Crippen LogP contribution in [0, 0.1) is 11.3 Å². The number of hydrogen-bond acceptors (Lipinski definition) is 4. The quantitative estimate of drug-likeness (QED) is 0.472. The molecule has 1 aliphatic rings. The highest BCUT2D eigenvalue weighted by molar-refractivity contribution is 5.55. The number of hydrogen-bond donors (Lipinski definition) is 2. The largest absolute Gasteiger partial charge is 0.310 e. The minimum absolute atomic E-state index is 0.0417. The molecule has 0 aromatic carbocycles. The maximum absolute atomic E-state index is 8.14. The Morgan fingerprint density at radius 3 is 3.25 bits per heavy atom. The average molecular weight is 110 g/mol. The van der Waals surface area contributed by atoms with Crippen LogP contribution in [0.2, 0.25) is 0 Å². The maximum atomic E-state index is 8.14. The van der Waals surface area contributed by atoms with E-state index in [2.05, 4.69) is 15.8 Å². The van der Waals surface area contributed by atoms with Gasteiger partial charge in [0.25, 0.3) is 0 Å². The zero-order chi connectivity index (χ0) is 5.82. The predicted octanol–water partition coefficient (Wildman–Crippen LogP) is -0.638. The Kier molecular flexibility index (Phi) is 1.45. The van der Waals surface area contributed by atoms with E-state index in [1.54, 1.807) is 6.34 Å². The second-order valence-corrected chi connectivity index (χ2v) is 1.44. The van der Waals surface area contributed by atoms with Gasteiger partial charge in [0, 0.05) is 0 Å². The fourth-order valence-electron chi connectivity index (χ4n) is 0.488. The van der Waals surface area contributed by atoms with Crippen LogP contribution in [0.4, 0.5) is 0 Å². The molecule has 1 rings (SSSR count). The first-order chi connectivity index (χ1) is 3.93. The molecule has 0 saturated heterocycles. The highest BCUT2D eigenvalue weighted by atomic mass is 15.5. The molecule has 2 N–H and O–H groups in total. The number of hydrazine groups is 1. The van der Waals surface area contributed by atoms with Gasteiger partial charge in [0.2, 0.25) is 0 Å². The normalized spacial score (nSPS) is 24.6. The fraction of sp³-hybridized carbons (Fsp3) is 0.500. The van der Waals surface area contributed by atoms with Crippen LogP contribution >= 0.6 is 0 Å². The second-order valence-electron chi connectivity index (χ2n) is 1.44. The molecule has 0 saturated carbocycles. The van der Waals surface area contributed by atoms with Crippen molar-refractivity contribution in [3.63, 3.8) is 0 Å². The molecule has 0 spiro atoms. The van der Waals surface area contributed by atoms with Crippen molar-refractivity contribution in [2.45, 2.75) is 12.6 Å². The van der Waals surface area contributed by atoms with Crippen molar-refractivity contribution in [2.24, 2.45) is 4.99 Å². The lowest BCUT2D eigenvalue weighted by atomic mass is 10.4. The summed E-state index contributed by atoms with van der Waals surface area (Å²) in [6.07, 6.45) is 1.92. The highest BCUT2D eigenvalue weighted by Gasteiger charge is 2.05. The van der Waals surface area contributed by atoms with Gasteiger partial charge in [-0.1, -0.05) is 0 Å². The lowest BCUT2D eigenvalue weighted by Crippen LogP contribution is -2.31. The van der Waals surface area contributed by atoms with Crippen molar-refractivity contribution in [3.8, 4) is 6.07 Å². The Bertz CT molecular complexity index is 133. The number of nitriles is 1. The SMILES string of the molecule is N#CCC1N=CNN1. The topological polar surface area (TPSA) is 60.2 Å². The number of rotatable bonds is 1. The summed E-state index contributed by atoms with van der Waals surface area (Å²) in [6, 6.07) is 1.99. The third-order valence-electron chi connectivity index (χ3n) is 0.854. The molecule has 0 aromatic rings. The molecule has 1 atom stereocenters. The standard InChI is InChI=1S/C4H6N4/c5-2-1-4-6-3-7-8-4/h3-4,8H,1H2,(H,6,7). The fourth-order valence-corrected chi connectivity index (χ4v) is 0.488. The summed E-state index contributed by atoms with van der Waals surface area (Å²) in [5.74, 6) is 0. The first kappa shape index (κ1) is 5.06. The van der Waals surface area contributed by atoms with E-state index in [1.807, 2.05) is 6.07 Å². The summed E-state index contributed by atoms with van der Waals surface area (Å²) >= 11 is 0. The Hall–Kier alpha value is -1.08. The van der Waals surface area contributed by atoms with Crippen LogP contribution in [-0.4, -0.2) is 12.5 Å². The van der Waals surface area contributed by atoms with E-state index in [4.69, 9.17) is 5.26 Å². The van der Waals surface area contributed by atoms with E-state index in [9.17, 15) is 0 Å². The zero-order valence-electron chi connectivity index (χ0n) is 4.26. The van der Waals surface area contributed by atoms with Crippen LogP contribution in [-0.2, 0) is 0 Å². The van der Waals surface area contributed by atoms with Crippen LogP contribution in [0.15, 0.2) is 4.99 Å². The molecule has 0 fully saturated rings. The molecule has 8 heavy (non-hydrogen) atoms. The summed E-state index contributed by atoms with van der Waals surface area (Å²) in [4.78, 5) is 3.86. The van der Waals surface area contributed by atoms with Crippen LogP contribution in [0.5, 0.6) is 0 Å². The zero-order valence-corrected chi connectivity index (χ0v) is 4.26. The van der Waals surface area contributed by atoms with Crippen LogP contribution < -0.4 is 10.9 Å². The molecule has 1 aliphatic heterocycles. The molecule has 42 valence electrons. The molecule has 4 nitrogen and oxygen atoms in total. The van der Waals surface area contributed by atoms with Crippen LogP contribution in [0.25, 0.3) is 0 Å². The molecule has 4 heteroatoms. The minimum Gasteiger partial charge on any atom is -0.310 e. The average Bonchev–Trinajstić information content (AvgIpc) is 2.19. The predicted molar refractivity (Wildman–Crippen MR) is 28.8 cm³/mol. The van der Waals surface area contributed by atoms with Gasteiger partial charge in [0.05, 0.1) is 18.8 Å². The van der Waals surface area contributed by atoms with Crippen molar-refractivity contribution >= 4 is 6.34 Å². The molecule has 1 heterocycles. The molecule has 0 amide bonds. The minimum atomic E-state index is -0.0417. The lowest BCUT2D eigenvalue weighted by molar-refractivity contribution is 0.558. The van der Waals surface area contributed by atoms with Gasteiger partial charge in [0.15, 0.2) is 0 Å². The summed E-state index contributed by atoms with van der Waals surface area (Å²) in [6.45, 7) is 0. The second kappa shape index (κ2) is 2.28. The van der Waals surface area contributed by atoms with Crippen LogP contribution in [0.1, 0.15) is 6.42 Å². The Balaban J connectivity index is 2.28. The summed E-state index contributed by atoms with van der Waals surface area (Å²) in [5, 5.41) is 8.14. The van der Waals surface area contributed by atoms with Crippen molar-refractivity contribution in [1.82, 2.24) is 10.9 Å². The summed E-state index contributed by atoms with van der Waals surface area (Å²) < 4.78 is 0. The maximum Gasteiger partial charge on any atom is 0.131 e. The number of nitrogens with one attached hydrogen (secondary N) is 2. The molecule has 0 aromatic heterocycles. The smallest absolute Gasteiger partial charge is 0.131 e. The van der Waals surface area contributed by atoms with Gasteiger partial charge >= 0.3 is 0 Å². The Labute approximate surface area is 47.2 Å². The monoisotopic (exact) mass is 110 g/mol. The molecule has 0 bridgehead atoms. The highest BCUT2D eigenvalue weighted by Crippen LogP contribution is 1.91. The van der Waals surface area contributed by atoms with Gasteiger partial charge in [0.1, 0.15) is 6.17 Å². The van der Waals surface area contributed by atoms with E-state index in [0.717, 1.165) is 0 Å². The van der Waals surface area contributed by atoms with Gasteiger partial charge in [-0.3, -0.25) is 4.99 Å². The van der Waals surface area contributed by atoms with E-state index < -0.39 is 0 Å². The lowest BCUT2D eigenvalue weighted by Gasteiger charge is -1.98. The first-order valence-corrected chi connectivity index (χ1v) is 2.33. The summed E-state index contributed by atoms with van der Waals surface area (Å²) in [7, 11) is 0. The number of aliphatic imine (C=N–C) groups is 1. The Morgan fingerprint density at radius 2 is 2.75 bits per heavy atom. The van der Waals surface area contributed by atoms with Gasteiger partial charge < -0.3 is 5.43 Å². The van der Waals surface area contributed by atoms with Crippen molar-refractivity contribution < 1.29 is 0 Å². The van der Waals surface area contributed by atoms with E-state index >= 15 is 0 Å². The molecular formula is C4H6N4.